The minimum absolute atomic E-state index is 0.204. The van der Waals surface area contributed by atoms with E-state index in [9.17, 15) is 4.79 Å². The molecule has 1 aliphatic carbocycles. The Morgan fingerprint density at radius 1 is 1.59 bits per heavy atom. The summed E-state index contributed by atoms with van der Waals surface area (Å²) in [6.45, 7) is 3.48. The number of hydrogen-bond acceptors (Lipinski definition) is 4. The van der Waals surface area contributed by atoms with Crippen LogP contribution in [0.15, 0.2) is 0 Å². The van der Waals surface area contributed by atoms with Crippen molar-refractivity contribution in [3.63, 3.8) is 0 Å². The zero-order chi connectivity index (χ0) is 12.3. The number of nitrogens with one attached hydrogen (secondary N) is 2. The van der Waals surface area contributed by atoms with Crippen molar-refractivity contribution in [3.05, 3.63) is 11.6 Å². The molecule has 0 spiro atoms. The van der Waals surface area contributed by atoms with E-state index in [1.807, 2.05) is 6.92 Å². The normalized spacial score (nSPS) is 15.2. The zero-order valence-electron chi connectivity index (χ0n) is 10.4. The van der Waals surface area contributed by atoms with Crippen molar-refractivity contribution in [2.75, 3.05) is 20.1 Å². The number of nitrogens with zero attached hydrogens (tertiary/aromatic N) is 3. The van der Waals surface area contributed by atoms with Gasteiger partial charge in [0.25, 0.3) is 5.91 Å². The average Bonchev–Trinajstić information content (AvgIpc) is 3.06. The fraction of sp³-hybridized carbons (Fsp3) is 0.727. The lowest BCUT2D eigenvalue weighted by molar-refractivity contribution is 0.0939. The van der Waals surface area contributed by atoms with Crippen LogP contribution < -0.4 is 5.32 Å². The third-order valence-electron chi connectivity index (χ3n) is 2.99. The predicted molar refractivity (Wildman–Crippen MR) is 63.7 cm³/mol. The number of hydrogen-bond donors (Lipinski definition) is 2. The van der Waals surface area contributed by atoms with Gasteiger partial charge in [-0.25, -0.2) is 4.98 Å². The van der Waals surface area contributed by atoms with Crippen molar-refractivity contribution in [3.8, 4) is 0 Å². The van der Waals surface area contributed by atoms with Crippen LogP contribution in [0.25, 0.3) is 0 Å². The van der Waals surface area contributed by atoms with Gasteiger partial charge >= 0.3 is 0 Å². The van der Waals surface area contributed by atoms with E-state index in [0.717, 1.165) is 24.8 Å². The second-order valence-corrected chi connectivity index (χ2v) is 4.43. The fourth-order valence-corrected chi connectivity index (χ4v) is 1.68. The fourth-order valence-electron chi connectivity index (χ4n) is 1.68. The average molecular weight is 237 g/mol. The van der Waals surface area contributed by atoms with E-state index in [1.165, 1.54) is 12.8 Å². The first kappa shape index (κ1) is 12.0. The first-order valence-electron chi connectivity index (χ1n) is 6.10. The monoisotopic (exact) mass is 237 g/mol. The van der Waals surface area contributed by atoms with E-state index in [-0.39, 0.29) is 11.7 Å². The molecule has 1 fully saturated rings. The van der Waals surface area contributed by atoms with Gasteiger partial charge in [-0.05, 0) is 19.9 Å². The van der Waals surface area contributed by atoms with Crippen LogP contribution >= 0.6 is 0 Å². The zero-order valence-corrected chi connectivity index (χ0v) is 10.4. The van der Waals surface area contributed by atoms with Gasteiger partial charge in [-0.15, -0.1) is 5.10 Å². The summed E-state index contributed by atoms with van der Waals surface area (Å²) in [5, 5.41) is 9.43. The van der Waals surface area contributed by atoms with Crippen LogP contribution in [0.4, 0.5) is 0 Å². The maximum Gasteiger partial charge on any atom is 0.291 e. The number of likely N-dealkylation sites (N-methyl/N-ethyl adjacent to an activating group) is 1. The smallest absolute Gasteiger partial charge is 0.291 e. The number of carbonyl (C=O) groups excluding carboxylic acids is 1. The van der Waals surface area contributed by atoms with Gasteiger partial charge in [-0.2, -0.15) is 0 Å². The number of aromatic nitrogens is 3. The first-order valence-corrected chi connectivity index (χ1v) is 6.10. The van der Waals surface area contributed by atoms with E-state index < -0.39 is 0 Å². The van der Waals surface area contributed by atoms with Gasteiger partial charge in [-0.1, -0.05) is 6.92 Å². The molecule has 0 atom stereocenters. The molecule has 0 saturated heterocycles. The Morgan fingerprint density at radius 2 is 2.35 bits per heavy atom. The molecule has 0 aromatic carbocycles. The second kappa shape index (κ2) is 5.27. The summed E-state index contributed by atoms with van der Waals surface area (Å²) >= 11 is 0. The molecule has 17 heavy (non-hydrogen) atoms. The number of rotatable bonds is 6. The summed E-state index contributed by atoms with van der Waals surface area (Å²) in [4.78, 5) is 18.0. The Bertz CT molecular complexity index is 385. The highest BCUT2D eigenvalue weighted by Crippen LogP contribution is 2.24. The molecule has 6 heteroatoms. The van der Waals surface area contributed by atoms with Crippen molar-refractivity contribution >= 4 is 5.91 Å². The van der Waals surface area contributed by atoms with E-state index in [0.29, 0.717) is 6.54 Å². The number of H-pyrrole nitrogens is 1. The Kier molecular flexibility index (Phi) is 3.73. The highest BCUT2D eigenvalue weighted by Gasteiger charge is 2.25. The second-order valence-electron chi connectivity index (χ2n) is 4.43. The summed E-state index contributed by atoms with van der Waals surface area (Å²) in [5.74, 6) is 0.770. The van der Waals surface area contributed by atoms with Crippen LogP contribution in [0.1, 0.15) is 36.2 Å². The van der Waals surface area contributed by atoms with Gasteiger partial charge < -0.3 is 10.2 Å². The SMILES string of the molecule is CCc1nc(C(=O)NCCN(C)C2CC2)n[nH]1. The Balaban J connectivity index is 1.72. The highest BCUT2D eigenvalue weighted by atomic mass is 16.2. The molecule has 0 aliphatic heterocycles. The molecular formula is C11H19N5O. The van der Waals surface area contributed by atoms with E-state index in [1.54, 1.807) is 0 Å². The van der Waals surface area contributed by atoms with Crippen LogP contribution in [-0.2, 0) is 6.42 Å². The van der Waals surface area contributed by atoms with E-state index in [4.69, 9.17) is 0 Å². The molecule has 1 heterocycles. The summed E-state index contributed by atoms with van der Waals surface area (Å²) < 4.78 is 0. The Hall–Kier alpha value is -1.43. The maximum atomic E-state index is 11.7. The molecule has 2 N–H and O–H groups in total. The highest BCUT2D eigenvalue weighted by molar-refractivity contribution is 5.90. The van der Waals surface area contributed by atoms with E-state index in [2.05, 4.69) is 32.4 Å². The Labute approximate surface area is 101 Å². The van der Waals surface area contributed by atoms with Crippen LogP contribution in [0.2, 0.25) is 0 Å². The van der Waals surface area contributed by atoms with Gasteiger partial charge in [0.1, 0.15) is 5.82 Å². The van der Waals surface area contributed by atoms with Crippen LogP contribution in [0.5, 0.6) is 0 Å². The molecule has 0 unspecified atom stereocenters. The third kappa shape index (κ3) is 3.26. The topological polar surface area (TPSA) is 73.9 Å². The molecule has 1 aliphatic rings. The lowest BCUT2D eigenvalue weighted by Crippen LogP contribution is -2.34. The predicted octanol–water partition coefficient (Wildman–Crippen LogP) is 0.191. The number of aryl methyl sites for hydroxylation is 1. The van der Waals surface area contributed by atoms with Crippen LogP contribution in [0.3, 0.4) is 0 Å². The molecular weight excluding hydrogens is 218 g/mol. The molecule has 1 aromatic heterocycles. The molecule has 0 radical (unpaired) electrons. The summed E-state index contributed by atoms with van der Waals surface area (Å²) in [5.41, 5.74) is 0. The van der Waals surface area contributed by atoms with Gasteiger partial charge in [0.05, 0.1) is 0 Å². The molecule has 94 valence electrons. The third-order valence-corrected chi connectivity index (χ3v) is 2.99. The van der Waals surface area contributed by atoms with Gasteiger partial charge in [0.2, 0.25) is 5.82 Å². The van der Waals surface area contributed by atoms with Crippen molar-refractivity contribution in [1.82, 2.24) is 25.4 Å². The number of amides is 1. The molecule has 0 bridgehead atoms. The largest absolute Gasteiger partial charge is 0.348 e. The lowest BCUT2D eigenvalue weighted by atomic mass is 10.4. The Morgan fingerprint density at radius 3 is 2.94 bits per heavy atom. The summed E-state index contributed by atoms with van der Waals surface area (Å²) in [6, 6.07) is 0.724. The van der Waals surface area contributed by atoms with Crippen molar-refractivity contribution < 1.29 is 4.79 Å². The standard InChI is InChI=1S/C11H19N5O/c1-3-9-13-10(15-14-9)11(17)12-6-7-16(2)8-4-5-8/h8H,3-7H2,1-2H3,(H,12,17)(H,13,14,15). The first-order chi connectivity index (χ1) is 8.20. The van der Waals surface area contributed by atoms with Gasteiger partial charge in [0, 0.05) is 25.6 Å². The van der Waals surface area contributed by atoms with Crippen molar-refractivity contribution in [2.45, 2.75) is 32.2 Å². The molecule has 6 nitrogen and oxygen atoms in total. The summed E-state index contributed by atoms with van der Waals surface area (Å²) in [7, 11) is 2.09. The van der Waals surface area contributed by atoms with Gasteiger partial charge in [0.15, 0.2) is 0 Å². The van der Waals surface area contributed by atoms with Crippen LogP contribution in [0, 0.1) is 0 Å². The molecule has 1 amide bonds. The quantitative estimate of drug-likeness (QED) is 0.741. The molecule has 1 aromatic rings. The van der Waals surface area contributed by atoms with Gasteiger partial charge in [-0.3, -0.25) is 9.89 Å². The number of aromatic amines is 1. The number of carbonyl (C=O) groups is 1. The summed E-state index contributed by atoms with van der Waals surface area (Å²) in [6.07, 6.45) is 3.32. The van der Waals surface area contributed by atoms with Crippen molar-refractivity contribution in [1.29, 1.82) is 0 Å². The van der Waals surface area contributed by atoms with Crippen molar-refractivity contribution in [2.24, 2.45) is 0 Å². The van der Waals surface area contributed by atoms with E-state index >= 15 is 0 Å². The molecule has 1 saturated carbocycles. The molecule has 2 rings (SSSR count). The maximum absolute atomic E-state index is 11.7. The minimum atomic E-state index is -0.204. The minimum Gasteiger partial charge on any atom is -0.348 e. The van der Waals surface area contributed by atoms with Crippen LogP contribution in [-0.4, -0.2) is 52.2 Å². The lowest BCUT2D eigenvalue weighted by Gasteiger charge is -2.15.